The summed E-state index contributed by atoms with van der Waals surface area (Å²) in [6.45, 7) is 7.37. The van der Waals surface area contributed by atoms with Crippen molar-refractivity contribution in [2.75, 3.05) is 6.54 Å². The van der Waals surface area contributed by atoms with Crippen LogP contribution in [-0.4, -0.2) is 18.2 Å². The van der Waals surface area contributed by atoms with Gasteiger partial charge in [0.15, 0.2) is 0 Å². The van der Waals surface area contributed by atoms with Crippen molar-refractivity contribution in [2.24, 2.45) is 10.9 Å². The first-order chi connectivity index (χ1) is 13.1. The largest absolute Gasteiger partial charge is 0.366 e. The van der Waals surface area contributed by atoms with Crippen LogP contribution in [0.15, 0.2) is 89.5 Å². The molecule has 0 aliphatic heterocycles. The minimum absolute atomic E-state index is 0.251. The van der Waals surface area contributed by atoms with Gasteiger partial charge in [0.05, 0.1) is 0 Å². The smallest absolute Gasteiger partial charge is 0.129 e. The van der Waals surface area contributed by atoms with Gasteiger partial charge in [-0.2, -0.15) is 0 Å². The summed E-state index contributed by atoms with van der Waals surface area (Å²) in [5, 5.41) is 6.34. The van der Waals surface area contributed by atoms with Crippen LogP contribution in [0.5, 0.6) is 0 Å². The third kappa shape index (κ3) is 5.65. The van der Waals surface area contributed by atoms with Gasteiger partial charge in [-0.25, -0.2) is 0 Å². The molecule has 0 bridgehead atoms. The highest BCUT2D eigenvalue weighted by molar-refractivity contribution is 7.87. The van der Waals surface area contributed by atoms with E-state index in [0.29, 0.717) is 5.92 Å². The van der Waals surface area contributed by atoms with Crippen LogP contribution in [0.1, 0.15) is 27.2 Å². The van der Waals surface area contributed by atoms with E-state index in [0.717, 1.165) is 18.5 Å². The third-order valence-corrected chi connectivity index (χ3v) is 6.79. The molecule has 1 N–H and O–H groups in total. The SMILES string of the molecule is CC1C=CC(CN/C(=N/C(C)C)P(c2ccccc2)c2ccccc2)=CC1. The average Bonchev–Trinajstić information content (AvgIpc) is 2.69. The standard InChI is InChI=1S/C24H29N2P/c1-19(2)26-24(25-18-21-16-14-20(3)15-17-21)27(22-10-6-4-7-11-22)23-12-8-5-9-13-23/h4-14,16-17,19-20H,15,18H2,1-3H3,(H,25,26). The van der Waals surface area contributed by atoms with Crippen LogP contribution < -0.4 is 15.9 Å². The van der Waals surface area contributed by atoms with Gasteiger partial charge in [0.1, 0.15) is 5.58 Å². The molecular weight excluding hydrogens is 347 g/mol. The van der Waals surface area contributed by atoms with Gasteiger partial charge in [0.25, 0.3) is 0 Å². The minimum atomic E-state index is -0.695. The molecule has 0 saturated heterocycles. The first-order valence-corrected chi connectivity index (χ1v) is 11.1. The van der Waals surface area contributed by atoms with E-state index in [1.54, 1.807) is 0 Å². The molecule has 2 aromatic rings. The molecule has 1 atom stereocenters. The molecule has 2 nitrogen and oxygen atoms in total. The van der Waals surface area contributed by atoms with Crippen molar-refractivity contribution in [1.29, 1.82) is 0 Å². The van der Waals surface area contributed by atoms with E-state index in [1.807, 2.05) is 0 Å². The first-order valence-electron chi connectivity index (χ1n) is 9.72. The summed E-state index contributed by atoms with van der Waals surface area (Å²) in [6.07, 6.45) is 8.02. The zero-order chi connectivity index (χ0) is 19.1. The molecule has 3 heteroatoms. The fourth-order valence-corrected chi connectivity index (χ4v) is 5.37. The molecular formula is C24H29N2P. The Morgan fingerprint density at radius 3 is 2.11 bits per heavy atom. The number of benzene rings is 2. The van der Waals surface area contributed by atoms with Crippen LogP contribution in [0.25, 0.3) is 0 Å². The summed E-state index contributed by atoms with van der Waals surface area (Å²) in [4.78, 5) is 5.01. The van der Waals surface area contributed by atoms with E-state index < -0.39 is 7.92 Å². The number of nitrogens with one attached hydrogen (secondary N) is 1. The Morgan fingerprint density at radius 1 is 1.04 bits per heavy atom. The van der Waals surface area contributed by atoms with Crippen LogP contribution in [0.4, 0.5) is 0 Å². The number of nitrogens with zero attached hydrogens (tertiary/aromatic N) is 1. The maximum absolute atomic E-state index is 5.01. The molecule has 140 valence electrons. The molecule has 0 amide bonds. The average molecular weight is 376 g/mol. The van der Waals surface area contributed by atoms with Crippen LogP contribution >= 0.6 is 7.92 Å². The van der Waals surface area contributed by atoms with Gasteiger partial charge in [0, 0.05) is 20.5 Å². The topological polar surface area (TPSA) is 24.4 Å². The summed E-state index contributed by atoms with van der Waals surface area (Å²) in [5.41, 5.74) is 2.45. The van der Waals surface area contributed by atoms with Crippen molar-refractivity contribution in [3.05, 3.63) is 84.5 Å². The van der Waals surface area contributed by atoms with Crippen molar-refractivity contribution < 1.29 is 0 Å². The van der Waals surface area contributed by atoms with E-state index >= 15 is 0 Å². The van der Waals surface area contributed by atoms with E-state index in [9.17, 15) is 0 Å². The van der Waals surface area contributed by atoms with E-state index in [2.05, 4.69) is 105 Å². The van der Waals surface area contributed by atoms with Crippen molar-refractivity contribution in [2.45, 2.75) is 33.2 Å². The van der Waals surface area contributed by atoms with Gasteiger partial charge >= 0.3 is 0 Å². The molecule has 2 aromatic carbocycles. The van der Waals surface area contributed by atoms with Gasteiger partial charge in [-0.1, -0.05) is 85.8 Å². The van der Waals surface area contributed by atoms with E-state index in [1.165, 1.54) is 16.2 Å². The second-order valence-corrected chi connectivity index (χ2v) is 9.38. The summed E-state index contributed by atoms with van der Waals surface area (Å²) in [7, 11) is -0.695. The van der Waals surface area contributed by atoms with Gasteiger partial charge in [0.2, 0.25) is 0 Å². The van der Waals surface area contributed by atoms with E-state index in [4.69, 9.17) is 4.99 Å². The molecule has 0 saturated carbocycles. The summed E-state index contributed by atoms with van der Waals surface area (Å²) in [6, 6.07) is 21.8. The third-order valence-electron chi connectivity index (χ3n) is 4.46. The lowest BCUT2D eigenvalue weighted by molar-refractivity contribution is 0.726. The maximum atomic E-state index is 5.01. The number of rotatable bonds is 6. The summed E-state index contributed by atoms with van der Waals surface area (Å²) in [5.74, 6) is 0.642. The maximum Gasteiger partial charge on any atom is 0.129 e. The Balaban J connectivity index is 1.91. The molecule has 0 spiro atoms. The Hall–Kier alpha value is -2.18. The van der Waals surface area contributed by atoms with Crippen molar-refractivity contribution in [3.63, 3.8) is 0 Å². The fourth-order valence-electron chi connectivity index (χ4n) is 3.06. The highest BCUT2D eigenvalue weighted by Gasteiger charge is 2.21. The molecule has 0 fully saturated rings. The molecule has 0 aromatic heterocycles. The number of allylic oxidation sites excluding steroid dienone is 2. The zero-order valence-electron chi connectivity index (χ0n) is 16.5. The van der Waals surface area contributed by atoms with Crippen LogP contribution in [-0.2, 0) is 0 Å². The van der Waals surface area contributed by atoms with E-state index in [-0.39, 0.29) is 6.04 Å². The molecule has 1 aliphatic rings. The van der Waals surface area contributed by atoms with Crippen LogP contribution in [0, 0.1) is 5.92 Å². The zero-order valence-corrected chi connectivity index (χ0v) is 17.4. The number of amidine groups is 1. The Kier molecular flexibility index (Phi) is 7.01. The first kappa shape index (κ1) is 19.6. The van der Waals surface area contributed by atoms with Gasteiger partial charge in [-0.3, -0.25) is 4.99 Å². The van der Waals surface area contributed by atoms with Gasteiger partial charge in [-0.05, 0) is 42.4 Å². The van der Waals surface area contributed by atoms with Crippen LogP contribution in [0.3, 0.4) is 0 Å². The van der Waals surface area contributed by atoms with Crippen LogP contribution in [0.2, 0.25) is 0 Å². The molecule has 1 unspecified atom stereocenters. The quantitative estimate of drug-likeness (QED) is 0.428. The number of hydrogen-bond donors (Lipinski definition) is 1. The second kappa shape index (κ2) is 9.67. The normalized spacial score (nSPS) is 17.3. The van der Waals surface area contributed by atoms with Crippen molar-refractivity contribution >= 4 is 24.1 Å². The Bertz CT molecular complexity index is 767. The van der Waals surface area contributed by atoms with Gasteiger partial charge in [-0.15, -0.1) is 0 Å². The molecule has 3 rings (SSSR count). The molecule has 27 heavy (non-hydrogen) atoms. The summed E-state index contributed by atoms with van der Waals surface area (Å²) < 4.78 is 0. The number of aliphatic imine (C=N–C) groups is 1. The summed E-state index contributed by atoms with van der Waals surface area (Å²) >= 11 is 0. The minimum Gasteiger partial charge on any atom is -0.366 e. The van der Waals surface area contributed by atoms with Crippen molar-refractivity contribution in [1.82, 2.24) is 5.32 Å². The lowest BCUT2D eigenvalue weighted by Gasteiger charge is -2.24. The number of hydrogen-bond acceptors (Lipinski definition) is 1. The van der Waals surface area contributed by atoms with Gasteiger partial charge < -0.3 is 5.32 Å². The monoisotopic (exact) mass is 376 g/mol. The predicted octanol–water partition coefficient (Wildman–Crippen LogP) is 5.00. The highest BCUT2D eigenvalue weighted by atomic mass is 31.1. The predicted molar refractivity (Wildman–Crippen MR) is 121 cm³/mol. The lowest BCUT2D eigenvalue weighted by atomic mass is 9.99. The Morgan fingerprint density at radius 2 is 1.63 bits per heavy atom. The molecule has 0 heterocycles. The second-order valence-electron chi connectivity index (χ2n) is 7.26. The molecule has 0 radical (unpaired) electrons. The lowest BCUT2D eigenvalue weighted by Crippen LogP contribution is -2.31. The Labute approximate surface area is 164 Å². The molecule has 1 aliphatic carbocycles. The van der Waals surface area contributed by atoms with Crippen molar-refractivity contribution in [3.8, 4) is 0 Å². The fraction of sp³-hybridized carbons (Fsp3) is 0.292. The highest BCUT2D eigenvalue weighted by Crippen LogP contribution is 2.35.